The second-order valence-corrected chi connectivity index (χ2v) is 6.40. The van der Waals surface area contributed by atoms with Crippen LogP contribution in [0, 0.1) is 13.8 Å². The molecule has 0 spiro atoms. The highest BCUT2D eigenvalue weighted by atomic mass is 16.6. The van der Waals surface area contributed by atoms with E-state index in [4.69, 9.17) is 9.47 Å². The summed E-state index contributed by atoms with van der Waals surface area (Å²) < 4.78 is 10.8. The second-order valence-electron chi connectivity index (χ2n) is 6.40. The van der Waals surface area contributed by atoms with Gasteiger partial charge >= 0.3 is 0 Å². The zero-order chi connectivity index (χ0) is 17.8. The summed E-state index contributed by atoms with van der Waals surface area (Å²) >= 11 is 0. The molecule has 0 N–H and O–H groups in total. The number of epoxide rings is 1. The molecule has 4 heteroatoms. The second kappa shape index (κ2) is 7.62. The van der Waals surface area contributed by atoms with Crippen molar-refractivity contribution in [3.05, 3.63) is 64.7 Å². The van der Waals surface area contributed by atoms with Gasteiger partial charge in [-0.3, -0.25) is 9.59 Å². The molecule has 0 saturated carbocycles. The van der Waals surface area contributed by atoms with Gasteiger partial charge in [0.1, 0.15) is 18.5 Å². The summed E-state index contributed by atoms with van der Waals surface area (Å²) in [5.41, 5.74) is 4.11. The first-order valence-corrected chi connectivity index (χ1v) is 8.50. The van der Waals surface area contributed by atoms with E-state index in [1.165, 1.54) is 11.1 Å². The van der Waals surface area contributed by atoms with E-state index in [-0.39, 0.29) is 30.5 Å². The van der Waals surface area contributed by atoms with Gasteiger partial charge in [-0.05, 0) is 42.7 Å². The summed E-state index contributed by atoms with van der Waals surface area (Å²) in [7, 11) is 0. The number of ether oxygens (including phenoxy) is 2. The third-order valence-electron chi connectivity index (χ3n) is 4.47. The fraction of sp³-hybridized carbons (Fsp3) is 0.333. The maximum atomic E-state index is 12.3. The quantitative estimate of drug-likeness (QED) is 0.542. The lowest BCUT2D eigenvalue weighted by Gasteiger charge is -2.12. The molecular formula is C21H22O4. The Morgan fingerprint density at radius 3 is 2.44 bits per heavy atom. The molecule has 1 unspecified atom stereocenters. The van der Waals surface area contributed by atoms with E-state index in [1.807, 2.05) is 12.1 Å². The van der Waals surface area contributed by atoms with Crippen LogP contribution in [-0.4, -0.2) is 24.3 Å². The van der Waals surface area contributed by atoms with Crippen molar-refractivity contribution in [3.8, 4) is 5.75 Å². The molecule has 1 atom stereocenters. The third kappa shape index (κ3) is 4.54. The summed E-state index contributed by atoms with van der Waals surface area (Å²) in [5, 5.41) is 0. The average Bonchev–Trinajstić information content (AvgIpc) is 3.44. The topological polar surface area (TPSA) is 55.9 Å². The molecule has 1 saturated heterocycles. The first kappa shape index (κ1) is 17.4. The van der Waals surface area contributed by atoms with E-state index in [9.17, 15) is 9.59 Å². The zero-order valence-corrected chi connectivity index (χ0v) is 14.6. The number of carbonyl (C=O) groups excluding carboxylic acids is 2. The fourth-order valence-corrected chi connectivity index (χ4v) is 2.77. The Morgan fingerprint density at radius 2 is 1.76 bits per heavy atom. The first-order chi connectivity index (χ1) is 12.0. The highest BCUT2D eigenvalue weighted by Crippen LogP contribution is 2.20. The van der Waals surface area contributed by atoms with Crippen LogP contribution in [0.15, 0.2) is 42.5 Å². The van der Waals surface area contributed by atoms with E-state index in [0.717, 1.165) is 5.56 Å². The number of aryl methyl sites for hydroxylation is 2. The van der Waals surface area contributed by atoms with Crippen molar-refractivity contribution in [1.82, 2.24) is 0 Å². The molecule has 2 aromatic carbocycles. The minimum atomic E-state index is -0.278. The van der Waals surface area contributed by atoms with E-state index in [1.54, 1.807) is 18.2 Å². The molecule has 0 aromatic heterocycles. The maximum absolute atomic E-state index is 12.3. The standard InChI is InChI=1S/C21H22O4/c1-14-5-3-6-15(2)18(14)12-24-17-8-4-7-16(11-17)19(22)9-10-20(23)21-13-25-21/h3-8,11,21H,9-10,12-13H2,1-2H3. The maximum Gasteiger partial charge on any atom is 0.164 e. The van der Waals surface area contributed by atoms with E-state index < -0.39 is 0 Å². The van der Waals surface area contributed by atoms with Crippen LogP contribution in [0.25, 0.3) is 0 Å². The van der Waals surface area contributed by atoms with Crippen molar-refractivity contribution in [1.29, 1.82) is 0 Å². The van der Waals surface area contributed by atoms with Gasteiger partial charge in [0.05, 0.1) is 6.61 Å². The van der Waals surface area contributed by atoms with Crippen molar-refractivity contribution in [2.24, 2.45) is 0 Å². The molecule has 3 rings (SSSR count). The van der Waals surface area contributed by atoms with Gasteiger partial charge < -0.3 is 9.47 Å². The molecule has 1 heterocycles. The molecule has 1 aliphatic rings. The number of hydrogen-bond acceptors (Lipinski definition) is 4. The zero-order valence-electron chi connectivity index (χ0n) is 14.6. The third-order valence-corrected chi connectivity index (χ3v) is 4.47. The van der Waals surface area contributed by atoms with E-state index in [2.05, 4.69) is 26.0 Å². The number of rotatable bonds is 8. The van der Waals surface area contributed by atoms with Crippen LogP contribution < -0.4 is 4.74 Å². The summed E-state index contributed by atoms with van der Waals surface area (Å²) in [5.74, 6) is 0.618. The normalized spacial score (nSPS) is 15.7. The van der Waals surface area contributed by atoms with Crippen molar-refractivity contribution in [2.45, 2.75) is 39.4 Å². The number of Topliss-reactive ketones (excluding diaryl/α,β-unsaturated/α-hetero) is 2. The van der Waals surface area contributed by atoms with Gasteiger partial charge in [-0.15, -0.1) is 0 Å². The van der Waals surface area contributed by atoms with E-state index in [0.29, 0.717) is 24.5 Å². The molecule has 1 fully saturated rings. The first-order valence-electron chi connectivity index (χ1n) is 8.50. The number of benzene rings is 2. The van der Waals surface area contributed by atoms with Crippen LogP contribution in [0.3, 0.4) is 0 Å². The minimum Gasteiger partial charge on any atom is -0.489 e. The minimum absolute atomic E-state index is 0.00998. The Morgan fingerprint density at radius 1 is 1.08 bits per heavy atom. The van der Waals surface area contributed by atoms with Gasteiger partial charge in [0.2, 0.25) is 0 Å². The lowest BCUT2D eigenvalue weighted by atomic mass is 10.0. The molecule has 1 aliphatic heterocycles. The number of ketones is 2. The summed E-state index contributed by atoms with van der Waals surface area (Å²) in [6.07, 6.45) is 0.163. The van der Waals surface area contributed by atoms with Crippen LogP contribution in [0.5, 0.6) is 5.75 Å². The van der Waals surface area contributed by atoms with Gasteiger partial charge in [0.25, 0.3) is 0 Å². The molecule has 0 radical (unpaired) electrons. The highest BCUT2D eigenvalue weighted by Gasteiger charge is 2.30. The van der Waals surface area contributed by atoms with Gasteiger partial charge in [-0.25, -0.2) is 0 Å². The van der Waals surface area contributed by atoms with Crippen molar-refractivity contribution < 1.29 is 19.1 Å². The predicted octanol–water partition coefficient (Wildman–Crippen LogP) is 3.81. The Bertz CT molecular complexity index is 770. The monoisotopic (exact) mass is 338 g/mol. The lowest BCUT2D eigenvalue weighted by Crippen LogP contribution is -2.10. The van der Waals surface area contributed by atoms with Crippen LogP contribution in [0.4, 0.5) is 0 Å². The molecule has 4 nitrogen and oxygen atoms in total. The smallest absolute Gasteiger partial charge is 0.164 e. The fourth-order valence-electron chi connectivity index (χ4n) is 2.77. The summed E-state index contributed by atoms with van der Waals surface area (Å²) in [6, 6.07) is 13.3. The van der Waals surface area contributed by atoms with Gasteiger partial charge in [-0.2, -0.15) is 0 Å². The molecule has 0 bridgehead atoms. The van der Waals surface area contributed by atoms with Crippen LogP contribution in [-0.2, 0) is 16.1 Å². The number of carbonyl (C=O) groups is 2. The van der Waals surface area contributed by atoms with Gasteiger partial charge in [0.15, 0.2) is 11.6 Å². The largest absolute Gasteiger partial charge is 0.489 e. The molecule has 0 amide bonds. The average molecular weight is 338 g/mol. The van der Waals surface area contributed by atoms with Gasteiger partial charge in [0, 0.05) is 18.4 Å². The van der Waals surface area contributed by atoms with E-state index >= 15 is 0 Å². The Kier molecular flexibility index (Phi) is 5.29. The molecular weight excluding hydrogens is 316 g/mol. The Labute approximate surface area is 147 Å². The molecule has 0 aliphatic carbocycles. The van der Waals surface area contributed by atoms with Gasteiger partial charge in [-0.1, -0.05) is 30.3 Å². The van der Waals surface area contributed by atoms with Crippen molar-refractivity contribution >= 4 is 11.6 Å². The van der Waals surface area contributed by atoms with Crippen molar-refractivity contribution in [2.75, 3.05) is 6.61 Å². The molecule has 25 heavy (non-hydrogen) atoms. The number of hydrogen-bond donors (Lipinski definition) is 0. The van der Waals surface area contributed by atoms with Crippen molar-refractivity contribution in [3.63, 3.8) is 0 Å². The Balaban J connectivity index is 1.60. The highest BCUT2D eigenvalue weighted by molar-refractivity contribution is 5.99. The Hall–Kier alpha value is -2.46. The SMILES string of the molecule is Cc1cccc(C)c1COc1cccc(C(=O)CCC(=O)C2CO2)c1. The van der Waals surface area contributed by atoms with Crippen LogP contribution in [0.2, 0.25) is 0 Å². The lowest BCUT2D eigenvalue weighted by molar-refractivity contribution is -0.120. The molecule has 130 valence electrons. The molecule has 2 aromatic rings. The van der Waals surface area contributed by atoms with Crippen LogP contribution in [0.1, 0.15) is 39.9 Å². The summed E-state index contributed by atoms with van der Waals surface area (Å²) in [4.78, 5) is 23.9. The summed E-state index contributed by atoms with van der Waals surface area (Å²) in [6.45, 7) is 5.08. The van der Waals surface area contributed by atoms with Crippen LogP contribution >= 0.6 is 0 Å². The predicted molar refractivity (Wildman–Crippen MR) is 95.0 cm³/mol.